The SMILES string of the molecule is N/C(=N/OCc1ccccc1F)c1cccs1. The molecule has 5 heteroatoms. The number of hydrogen-bond donors (Lipinski definition) is 1. The highest BCUT2D eigenvalue weighted by atomic mass is 32.1. The zero-order valence-electron chi connectivity index (χ0n) is 8.97. The van der Waals surface area contributed by atoms with Crippen LogP contribution in [0.3, 0.4) is 0 Å². The Morgan fingerprint density at radius 2 is 2.12 bits per heavy atom. The van der Waals surface area contributed by atoms with Crippen LogP contribution in [0.25, 0.3) is 0 Å². The second kappa shape index (κ2) is 5.45. The van der Waals surface area contributed by atoms with Crippen LogP contribution in [0.15, 0.2) is 46.9 Å². The predicted octanol–water partition coefficient (Wildman–Crippen LogP) is 2.72. The van der Waals surface area contributed by atoms with Crippen LogP contribution in [-0.2, 0) is 11.4 Å². The average molecular weight is 250 g/mol. The van der Waals surface area contributed by atoms with Gasteiger partial charge in [0.1, 0.15) is 12.4 Å². The molecule has 0 saturated heterocycles. The maximum atomic E-state index is 13.2. The number of thiophene rings is 1. The van der Waals surface area contributed by atoms with Gasteiger partial charge in [-0.3, -0.25) is 0 Å². The highest BCUT2D eigenvalue weighted by Gasteiger charge is 2.02. The van der Waals surface area contributed by atoms with E-state index in [1.807, 2.05) is 17.5 Å². The molecular weight excluding hydrogens is 239 g/mol. The summed E-state index contributed by atoms with van der Waals surface area (Å²) in [5, 5.41) is 5.64. The third kappa shape index (κ3) is 3.04. The molecule has 1 heterocycles. The molecule has 0 amide bonds. The van der Waals surface area contributed by atoms with Gasteiger partial charge >= 0.3 is 0 Å². The Balaban J connectivity index is 1.96. The van der Waals surface area contributed by atoms with Gasteiger partial charge in [-0.25, -0.2) is 4.39 Å². The molecule has 0 spiro atoms. The van der Waals surface area contributed by atoms with Crippen molar-refractivity contribution < 1.29 is 9.23 Å². The third-order valence-corrected chi connectivity index (χ3v) is 3.01. The zero-order valence-corrected chi connectivity index (χ0v) is 9.78. The molecule has 0 unspecified atom stereocenters. The predicted molar refractivity (Wildman–Crippen MR) is 66.2 cm³/mol. The van der Waals surface area contributed by atoms with Crippen LogP contribution < -0.4 is 5.73 Å². The summed E-state index contributed by atoms with van der Waals surface area (Å²) < 4.78 is 13.2. The monoisotopic (exact) mass is 250 g/mol. The summed E-state index contributed by atoms with van der Waals surface area (Å²) in [4.78, 5) is 5.85. The van der Waals surface area contributed by atoms with Crippen LogP contribution in [-0.4, -0.2) is 5.84 Å². The number of oxime groups is 1. The molecule has 0 saturated carbocycles. The van der Waals surface area contributed by atoms with Crippen LogP contribution in [0, 0.1) is 5.82 Å². The second-order valence-electron chi connectivity index (χ2n) is 3.32. The van der Waals surface area contributed by atoms with E-state index in [0.29, 0.717) is 11.4 Å². The molecule has 2 aromatic rings. The lowest BCUT2D eigenvalue weighted by Crippen LogP contribution is -2.12. The molecule has 0 aliphatic carbocycles. The molecule has 0 aliphatic rings. The van der Waals surface area contributed by atoms with Crippen LogP contribution in [0.5, 0.6) is 0 Å². The molecule has 1 aromatic carbocycles. The number of nitrogens with zero attached hydrogens (tertiary/aromatic N) is 1. The lowest BCUT2D eigenvalue weighted by molar-refractivity contribution is 0.128. The smallest absolute Gasteiger partial charge is 0.180 e. The number of hydrogen-bond acceptors (Lipinski definition) is 3. The van der Waals surface area contributed by atoms with Crippen molar-refractivity contribution in [3.63, 3.8) is 0 Å². The fourth-order valence-corrected chi connectivity index (χ4v) is 1.87. The first-order valence-electron chi connectivity index (χ1n) is 5.00. The Labute approximate surface area is 102 Å². The molecule has 0 radical (unpaired) electrons. The van der Waals surface area contributed by atoms with Gasteiger partial charge in [0.25, 0.3) is 0 Å². The van der Waals surface area contributed by atoms with Crippen LogP contribution in [0.2, 0.25) is 0 Å². The summed E-state index contributed by atoms with van der Waals surface area (Å²) in [7, 11) is 0. The van der Waals surface area contributed by atoms with E-state index in [4.69, 9.17) is 10.6 Å². The molecule has 2 rings (SSSR count). The lowest BCUT2D eigenvalue weighted by Gasteiger charge is -2.02. The Morgan fingerprint density at radius 3 is 2.82 bits per heavy atom. The molecular formula is C12H11FN2OS. The minimum absolute atomic E-state index is 0.0682. The number of halogens is 1. The van der Waals surface area contributed by atoms with Crippen molar-refractivity contribution in [2.24, 2.45) is 10.9 Å². The van der Waals surface area contributed by atoms with Crippen LogP contribution in [0.1, 0.15) is 10.4 Å². The number of nitrogens with two attached hydrogens (primary N) is 1. The Kier molecular flexibility index (Phi) is 3.72. The second-order valence-corrected chi connectivity index (χ2v) is 4.27. The van der Waals surface area contributed by atoms with Gasteiger partial charge in [-0.2, -0.15) is 0 Å². The molecule has 1 aromatic heterocycles. The average Bonchev–Trinajstić information content (AvgIpc) is 2.85. The van der Waals surface area contributed by atoms with E-state index in [9.17, 15) is 4.39 Å². The Morgan fingerprint density at radius 1 is 1.29 bits per heavy atom. The van der Waals surface area contributed by atoms with Crippen molar-refractivity contribution in [2.45, 2.75) is 6.61 Å². The van der Waals surface area contributed by atoms with E-state index in [1.54, 1.807) is 18.2 Å². The molecule has 3 nitrogen and oxygen atoms in total. The minimum Gasteiger partial charge on any atom is -0.389 e. The first-order valence-corrected chi connectivity index (χ1v) is 5.88. The largest absolute Gasteiger partial charge is 0.389 e. The van der Waals surface area contributed by atoms with E-state index < -0.39 is 0 Å². The summed E-state index contributed by atoms with van der Waals surface area (Å²) in [5.74, 6) is -0.00580. The van der Waals surface area contributed by atoms with Gasteiger partial charge in [0.2, 0.25) is 0 Å². The van der Waals surface area contributed by atoms with Gasteiger partial charge in [0.15, 0.2) is 5.84 Å². The summed E-state index contributed by atoms with van der Waals surface area (Å²) in [6.45, 7) is 0.0682. The molecule has 0 aliphatic heterocycles. The summed E-state index contributed by atoms with van der Waals surface area (Å²) in [6.07, 6.45) is 0. The first-order chi connectivity index (χ1) is 8.27. The Hall–Kier alpha value is -1.88. The van der Waals surface area contributed by atoms with Crippen molar-refractivity contribution in [2.75, 3.05) is 0 Å². The fraction of sp³-hybridized carbons (Fsp3) is 0.0833. The molecule has 0 atom stereocenters. The lowest BCUT2D eigenvalue weighted by atomic mass is 10.2. The van der Waals surface area contributed by atoms with Crippen molar-refractivity contribution >= 4 is 17.2 Å². The topological polar surface area (TPSA) is 47.6 Å². The van der Waals surface area contributed by atoms with E-state index in [-0.39, 0.29) is 12.4 Å². The van der Waals surface area contributed by atoms with Gasteiger partial charge in [-0.05, 0) is 17.5 Å². The summed E-state index contributed by atoms with van der Waals surface area (Å²) >= 11 is 1.47. The number of amidine groups is 1. The highest BCUT2D eigenvalue weighted by Crippen LogP contribution is 2.10. The normalized spacial score (nSPS) is 11.5. The number of rotatable bonds is 4. The minimum atomic E-state index is -0.308. The summed E-state index contributed by atoms with van der Waals surface area (Å²) in [5.41, 5.74) is 6.14. The van der Waals surface area contributed by atoms with E-state index in [1.165, 1.54) is 17.4 Å². The molecule has 0 fully saturated rings. The van der Waals surface area contributed by atoms with E-state index in [0.717, 1.165) is 4.88 Å². The Bertz CT molecular complexity index is 511. The van der Waals surface area contributed by atoms with Crippen LogP contribution in [0.4, 0.5) is 4.39 Å². The molecule has 0 bridgehead atoms. The maximum absolute atomic E-state index is 13.2. The van der Waals surface area contributed by atoms with Crippen LogP contribution >= 0.6 is 11.3 Å². The van der Waals surface area contributed by atoms with Crippen molar-refractivity contribution in [3.05, 3.63) is 58.0 Å². The zero-order chi connectivity index (χ0) is 12.1. The standard InChI is InChI=1S/C12H11FN2OS/c13-10-5-2-1-4-9(10)8-16-15-12(14)11-6-3-7-17-11/h1-7H,8H2,(H2,14,15). The molecule has 88 valence electrons. The summed E-state index contributed by atoms with van der Waals surface area (Å²) in [6, 6.07) is 10.1. The maximum Gasteiger partial charge on any atom is 0.180 e. The van der Waals surface area contributed by atoms with Crippen molar-refractivity contribution in [1.82, 2.24) is 0 Å². The quantitative estimate of drug-likeness (QED) is 0.515. The van der Waals surface area contributed by atoms with Gasteiger partial charge in [0, 0.05) is 5.56 Å². The molecule has 2 N–H and O–H groups in total. The van der Waals surface area contributed by atoms with Crippen molar-refractivity contribution in [3.8, 4) is 0 Å². The van der Waals surface area contributed by atoms with Gasteiger partial charge < -0.3 is 10.6 Å². The third-order valence-electron chi connectivity index (χ3n) is 2.11. The van der Waals surface area contributed by atoms with E-state index in [2.05, 4.69) is 5.16 Å². The fourth-order valence-electron chi connectivity index (χ4n) is 1.26. The van der Waals surface area contributed by atoms with Crippen molar-refractivity contribution in [1.29, 1.82) is 0 Å². The van der Waals surface area contributed by atoms with Gasteiger partial charge in [-0.15, -0.1) is 11.3 Å². The number of benzene rings is 1. The van der Waals surface area contributed by atoms with Gasteiger partial charge in [-0.1, -0.05) is 29.4 Å². The highest BCUT2D eigenvalue weighted by molar-refractivity contribution is 7.12. The van der Waals surface area contributed by atoms with E-state index >= 15 is 0 Å². The molecule has 17 heavy (non-hydrogen) atoms. The van der Waals surface area contributed by atoms with Gasteiger partial charge in [0.05, 0.1) is 4.88 Å². The first kappa shape index (κ1) is 11.6.